The van der Waals surface area contributed by atoms with E-state index in [2.05, 4.69) is 22.9 Å². The number of aromatic amines is 1. The highest BCUT2D eigenvalue weighted by Gasteiger charge is 2.41. The molecular weight excluding hydrogens is 456 g/mol. The SMILES string of the molecule is CCN(CCCC1(c2ccc(F)cc2)OCc2cc(C#N)ccc21)CCc1c[nH]c2ccc(F)cc12. The van der Waals surface area contributed by atoms with Crippen LogP contribution in [0.2, 0.25) is 0 Å². The fourth-order valence-corrected chi connectivity index (χ4v) is 5.38. The smallest absolute Gasteiger partial charge is 0.123 e. The molecule has 1 unspecified atom stereocenters. The van der Waals surface area contributed by atoms with Gasteiger partial charge in [-0.25, -0.2) is 8.78 Å². The van der Waals surface area contributed by atoms with Gasteiger partial charge >= 0.3 is 0 Å². The van der Waals surface area contributed by atoms with Gasteiger partial charge in [-0.1, -0.05) is 25.1 Å². The molecular formula is C30H29F2N3O. The highest BCUT2D eigenvalue weighted by Crippen LogP contribution is 2.45. The Morgan fingerprint density at radius 3 is 2.61 bits per heavy atom. The molecule has 6 heteroatoms. The van der Waals surface area contributed by atoms with E-state index in [1.54, 1.807) is 24.3 Å². The topological polar surface area (TPSA) is 52.0 Å². The van der Waals surface area contributed by atoms with E-state index in [9.17, 15) is 14.0 Å². The summed E-state index contributed by atoms with van der Waals surface area (Å²) in [5, 5.41) is 10.2. The van der Waals surface area contributed by atoms with E-state index in [0.29, 0.717) is 12.2 Å². The molecule has 4 aromatic rings. The van der Waals surface area contributed by atoms with Gasteiger partial charge in [0.2, 0.25) is 0 Å². The first kappa shape index (κ1) is 24.2. The van der Waals surface area contributed by atoms with Crippen LogP contribution in [0.25, 0.3) is 10.9 Å². The van der Waals surface area contributed by atoms with Gasteiger partial charge in [-0.3, -0.25) is 0 Å². The van der Waals surface area contributed by atoms with Crippen molar-refractivity contribution in [2.75, 3.05) is 19.6 Å². The molecule has 0 saturated carbocycles. The first-order chi connectivity index (χ1) is 17.5. The van der Waals surface area contributed by atoms with Crippen LogP contribution in [0.3, 0.4) is 0 Å². The van der Waals surface area contributed by atoms with Crippen LogP contribution in [0.1, 0.15) is 47.6 Å². The summed E-state index contributed by atoms with van der Waals surface area (Å²) in [5.74, 6) is -0.498. The maximum Gasteiger partial charge on any atom is 0.123 e. The van der Waals surface area contributed by atoms with Gasteiger partial charge in [0.25, 0.3) is 0 Å². The number of benzene rings is 3. The van der Waals surface area contributed by atoms with Gasteiger partial charge in [-0.2, -0.15) is 5.26 Å². The molecule has 0 amide bonds. The molecule has 0 bridgehead atoms. The first-order valence-electron chi connectivity index (χ1n) is 12.4. The summed E-state index contributed by atoms with van der Waals surface area (Å²) in [6, 6.07) is 19.3. The molecule has 3 aromatic carbocycles. The molecule has 0 fully saturated rings. The number of rotatable bonds is 9. The zero-order valence-corrected chi connectivity index (χ0v) is 20.4. The van der Waals surface area contributed by atoms with Crippen LogP contribution in [0.4, 0.5) is 8.78 Å². The van der Waals surface area contributed by atoms with Crippen molar-refractivity contribution in [2.45, 2.75) is 38.4 Å². The number of aromatic nitrogens is 1. The van der Waals surface area contributed by atoms with Crippen molar-refractivity contribution in [3.05, 3.63) is 106 Å². The van der Waals surface area contributed by atoms with Crippen molar-refractivity contribution < 1.29 is 13.5 Å². The number of nitrogens with zero attached hydrogens (tertiary/aromatic N) is 2. The quantitative estimate of drug-likeness (QED) is 0.297. The minimum Gasteiger partial charge on any atom is -0.361 e. The maximum atomic E-state index is 13.7. The normalized spacial score (nSPS) is 17.0. The second-order valence-electron chi connectivity index (χ2n) is 9.40. The van der Waals surface area contributed by atoms with Crippen molar-refractivity contribution in [1.82, 2.24) is 9.88 Å². The molecule has 0 spiro atoms. The van der Waals surface area contributed by atoms with Crippen LogP contribution in [0, 0.1) is 23.0 Å². The van der Waals surface area contributed by atoms with Gasteiger partial charge in [0.15, 0.2) is 0 Å². The van der Waals surface area contributed by atoms with E-state index >= 15 is 0 Å². The molecule has 1 N–H and O–H groups in total. The number of likely N-dealkylation sites (N-methyl/N-ethyl adjacent to an activating group) is 1. The van der Waals surface area contributed by atoms with E-state index in [-0.39, 0.29) is 11.6 Å². The molecule has 2 heterocycles. The van der Waals surface area contributed by atoms with E-state index in [4.69, 9.17) is 4.74 Å². The molecule has 1 atom stereocenters. The Balaban J connectivity index is 1.30. The molecule has 4 nitrogen and oxygen atoms in total. The predicted octanol–water partition coefficient (Wildman–Crippen LogP) is 6.44. The van der Waals surface area contributed by atoms with Crippen LogP contribution >= 0.6 is 0 Å². The molecule has 184 valence electrons. The van der Waals surface area contributed by atoms with E-state index in [1.165, 1.54) is 18.2 Å². The fourth-order valence-electron chi connectivity index (χ4n) is 5.38. The Morgan fingerprint density at radius 1 is 1.03 bits per heavy atom. The number of halogens is 2. The zero-order chi connectivity index (χ0) is 25.1. The predicted molar refractivity (Wildman–Crippen MR) is 136 cm³/mol. The monoisotopic (exact) mass is 485 g/mol. The summed E-state index contributed by atoms with van der Waals surface area (Å²) in [4.78, 5) is 5.63. The lowest BCUT2D eigenvalue weighted by molar-refractivity contribution is -0.0145. The third kappa shape index (κ3) is 4.65. The van der Waals surface area contributed by atoms with Gasteiger partial charge in [0.05, 0.1) is 18.2 Å². The Kier molecular flexibility index (Phi) is 6.86. The summed E-state index contributed by atoms with van der Waals surface area (Å²) < 4.78 is 33.9. The largest absolute Gasteiger partial charge is 0.361 e. The summed E-state index contributed by atoms with van der Waals surface area (Å²) in [7, 11) is 0. The minimum absolute atomic E-state index is 0.222. The van der Waals surface area contributed by atoms with Gasteiger partial charge in [-0.15, -0.1) is 0 Å². The number of nitriles is 1. The number of ether oxygens (including phenoxy) is 1. The Hall–Kier alpha value is -3.53. The van der Waals surface area contributed by atoms with Crippen LogP contribution in [-0.4, -0.2) is 29.5 Å². The van der Waals surface area contributed by atoms with Crippen LogP contribution in [0.15, 0.2) is 66.9 Å². The van der Waals surface area contributed by atoms with Crippen molar-refractivity contribution in [2.24, 2.45) is 0 Å². The summed E-state index contributed by atoms with van der Waals surface area (Å²) >= 11 is 0. The molecule has 0 saturated heterocycles. The highest BCUT2D eigenvalue weighted by atomic mass is 19.1. The molecule has 5 rings (SSSR count). The van der Waals surface area contributed by atoms with Crippen LogP contribution in [-0.2, 0) is 23.4 Å². The maximum absolute atomic E-state index is 13.7. The van der Waals surface area contributed by atoms with Crippen LogP contribution in [0.5, 0.6) is 0 Å². The van der Waals surface area contributed by atoms with Crippen LogP contribution < -0.4 is 0 Å². The standard InChI is InChI=1S/C30H29F2N3O/c1-2-35(15-12-22-19-34-29-11-9-26(32)17-27(22)29)14-3-13-30(24-5-7-25(31)8-6-24)28-10-4-21(18-33)16-23(28)20-36-30/h4-11,16-17,19,34H,2-3,12-15,20H2,1H3. The summed E-state index contributed by atoms with van der Waals surface area (Å²) in [6.45, 7) is 5.23. The van der Waals surface area contributed by atoms with Gasteiger partial charge in [-0.05, 0) is 97.1 Å². The van der Waals surface area contributed by atoms with Crippen molar-refractivity contribution in [3.8, 4) is 6.07 Å². The third-order valence-electron chi connectivity index (χ3n) is 7.33. The Morgan fingerprint density at radius 2 is 1.83 bits per heavy atom. The zero-order valence-electron chi connectivity index (χ0n) is 20.4. The van der Waals surface area contributed by atoms with Gasteiger partial charge < -0.3 is 14.6 Å². The summed E-state index contributed by atoms with van der Waals surface area (Å²) in [5.41, 5.74) is 5.01. The molecule has 36 heavy (non-hydrogen) atoms. The Bertz CT molecular complexity index is 1410. The first-order valence-corrected chi connectivity index (χ1v) is 12.4. The molecule has 1 aliphatic rings. The average Bonchev–Trinajstić information content (AvgIpc) is 3.47. The lowest BCUT2D eigenvalue weighted by atomic mass is 9.81. The lowest BCUT2D eigenvalue weighted by Crippen LogP contribution is -2.31. The Labute approximate surface area is 210 Å². The molecule has 1 aromatic heterocycles. The van der Waals surface area contributed by atoms with Crippen molar-refractivity contribution in [1.29, 1.82) is 5.26 Å². The van der Waals surface area contributed by atoms with Crippen molar-refractivity contribution in [3.63, 3.8) is 0 Å². The number of fused-ring (bicyclic) bond motifs is 2. The average molecular weight is 486 g/mol. The van der Waals surface area contributed by atoms with E-state index < -0.39 is 5.60 Å². The van der Waals surface area contributed by atoms with Gasteiger partial charge in [0, 0.05) is 23.6 Å². The van der Waals surface area contributed by atoms with E-state index in [0.717, 1.165) is 72.1 Å². The number of nitrogens with one attached hydrogen (secondary N) is 1. The highest BCUT2D eigenvalue weighted by molar-refractivity contribution is 5.83. The number of hydrogen-bond donors (Lipinski definition) is 1. The fraction of sp³-hybridized carbons (Fsp3) is 0.300. The second-order valence-corrected chi connectivity index (χ2v) is 9.40. The molecule has 0 radical (unpaired) electrons. The third-order valence-corrected chi connectivity index (χ3v) is 7.33. The second kappa shape index (κ2) is 10.2. The lowest BCUT2D eigenvalue weighted by Gasteiger charge is -2.32. The molecule has 1 aliphatic heterocycles. The minimum atomic E-state index is -0.662. The van der Waals surface area contributed by atoms with E-state index in [1.807, 2.05) is 24.4 Å². The van der Waals surface area contributed by atoms with Gasteiger partial charge in [0.1, 0.15) is 17.2 Å². The van der Waals surface area contributed by atoms with Crippen molar-refractivity contribution >= 4 is 10.9 Å². The number of hydrogen-bond acceptors (Lipinski definition) is 3. The number of H-pyrrole nitrogens is 1. The molecule has 0 aliphatic carbocycles. The summed E-state index contributed by atoms with van der Waals surface area (Å²) in [6.07, 6.45) is 4.43.